The Kier molecular flexibility index (Phi) is 5.19. The van der Waals surface area contributed by atoms with Gasteiger partial charge in [-0.2, -0.15) is 0 Å². The topological polar surface area (TPSA) is 39.7 Å². The van der Waals surface area contributed by atoms with Gasteiger partial charge in [-0.1, -0.05) is 51.1 Å². The standard InChI is InChI=1S/C21H27NO3/c1-21(2,3)20(16-8-6-5-7-9-16)22-14-15-12-17(23-4)19-18(13-15)24-10-11-25-19/h5-9,12-13,20,22H,10-11,14H2,1-4H3. The molecule has 0 spiro atoms. The summed E-state index contributed by atoms with van der Waals surface area (Å²) in [6.45, 7) is 8.61. The van der Waals surface area contributed by atoms with Crippen LogP contribution in [0.2, 0.25) is 0 Å². The Hall–Kier alpha value is -2.20. The number of rotatable bonds is 5. The first-order chi connectivity index (χ1) is 12.0. The van der Waals surface area contributed by atoms with E-state index in [1.165, 1.54) is 5.56 Å². The van der Waals surface area contributed by atoms with Crippen molar-refractivity contribution in [3.8, 4) is 17.2 Å². The minimum Gasteiger partial charge on any atom is -0.493 e. The third kappa shape index (κ3) is 4.07. The quantitative estimate of drug-likeness (QED) is 0.878. The first-order valence-corrected chi connectivity index (χ1v) is 8.74. The fraction of sp³-hybridized carbons (Fsp3) is 0.429. The van der Waals surface area contributed by atoms with Crippen molar-refractivity contribution in [2.45, 2.75) is 33.4 Å². The van der Waals surface area contributed by atoms with E-state index in [-0.39, 0.29) is 11.5 Å². The first-order valence-electron chi connectivity index (χ1n) is 8.74. The lowest BCUT2D eigenvalue weighted by molar-refractivity contribution is 0.164. The van der Waals surface area contributed by atoms with E-state index in [1.807, 2.05) is 12.1 Å². The molecule has 134 valence electrons. The lowest BCUT2D eigenvalue weighted by Crippen LogP contribution is -2.32. The Morgan fingerprint density at radius 3 is 2.48 bits per heavy atom. The Morgan fingerprint density at radius 2 is 1.80 bits per heavy atom. The molecule has 1 atom stereocenters. The molecule has 0 fully saturated rings. The smallest absolute Gasteiger partial charge is 0.203 e. The average Bonchev–Trinajstić information content (AvgIpc) is 2.61. The van der Waals surface area contributed by atoms with Crippen molar-refractivity contribution in [1.82, 2.24) is 5.32 Å². The van der Waals surface area contributed by atoms with Crippen LogP contribution in [0.4, 0.5) is 0 Å². The zero-order valence-electron chi connectivity index (χ0n) is 15.5. The second-order valence-corrected chi connectivity index (χ2v) is 7.41. The maximum atomic E-state index is 5.73. The van der Waals surface area contributed by atoms with Crippen molar-refractivity contribution in [3.05, 3.63) is 53.6 Å². The van der Waals surface area contributed by atoms with Crippen LogP contribution in [0.1, 0.15) is 37.9 Å². The predicted molar refractivity (Wildman–Crippen MR) is 99.5 cm³/mol. The normalized spacial score (nSPS) is 14.9. The summed E-state index contributed by atoms with van der Waals surface area (Å²) in [6, 6.07) is 14.9. The van der Waals surface area contributed by atoms with Crippen LogP contribution in [0.3, 0.4) is 0 Å². The molecule has 1 unspecified atom stereocenters. The van der Waals surface area contributed by atoms with E-state index in [2.05, 4.69) is 56.4 Å². The molecule has 0 saturated heterocycles. The van der Waals surface area contributed by atoms with Crippen molar-refractivity contribution in [2.24, 2.45) is 5.41 Å². The van der Waals surface area contributed by atoms with Crippen molar-refractivity contribution < 1.29 is 14.2 Å². The van der Waals surface area contributed by atoms with Crippen LogP contribution in [-0.4, -0.2) is 20.3 Å². The van der Waals surface area contributed by atoms with Crippen LogP contribution >= 0.6 is 0 Å². The molecule has 1 heterocycles. The van der Waals surface area contributed by atoms with Gasteiger partial charge < -0.3 is 19.5 Å². The molecule has 0 aromatic heterocycles. The van der Waals surface area contributed by atoms with E-state index in [4.69, 9.17) is 14.2 Å². The molecule has 1 aliphatic heterocycles. The summed E-state index contributed by atoms with van der Waals surface area (Å²) in [7, 11) is 1.66. The lowest BCUT2D eigenvalue weighted by atomic mass is 9.82. The number of nitrogens with one attached hydrogen (secondary N) is 1. The highest BCUT2D eigenvalue weighted by Crippen LogP contribution is 2.41. The highest BCUT2D eigenvalue weighted by atomic mass is 16.6. The number of hydrogen-bond donors (Lipinski definition) is 1. The van der Waals surface area contributed by atoms with Crippen molar-refractivity contribution in [2.75, 3.05) is 20.3 Å². The molecule has 0 aliphatic carbocycles. The number of methoxy groups -OCH3 is 1. The second-order valence-electron chi connectivity index (χ2n) is 7.41. The predicted octanol–water partition coefficient (Wildman–Crippen LogP) is 4.34. The second kappa shape index (κ2) is 7.36. The Morgan fingerprint density at radius 1 is 1.08 bits per heavy atom. The molecular weight excluding hydrogens is 314 g/mol. The van der Waals surface area contributed by atoms with Gasteiger partial charge in [0.05, 0.1) is 7.11 Å². The zero-order chi connectivity index (χ0) is 17.9. The molecule has 0 amide bonds. The Labute approximate surface area is 150 Å². The lowest BCUT2D eigenvalue weighted by Gasteiger charge is -2.32. The van der Waals surface area contributed by atoms with Gasteiger partial charge in [0.15, 0.2) is 11.5 Å². The third-order valence-electron chi connectivity index (χ3n) is 4.40. The van der Waals surface area contributed by atoms with Gasteiger partial charge in [-0.3, -0.25) is 0 Å². The van der Waals surface area contributed by atoms with Crippen LogP contribution in [0, 0.1) is 5.41 Å². The summed E-state index contributed by atoms with van der Waals surface area (Å²) < 4.78 is 16.9. The molecule has 0 saturated carbocycles. The van der Waals surface area contributed by atoms with Crippen LogP contribution < -0.4 is 19.5 Å². The minimum absolute atomic E-state index is 0.0965. The molecular formula is C21H27NO3. The van der Waals surface area contributed by atoms with Gasteiger partial charge in [0.25, 0.3) is 0 Å². The highest BCUT2D eigenvalue weighted by molar-refractivity contribution is 5.54. The van der Waals surface area contributed by atoms with Crippen molar-refractivity contribution >= 4 is 0 Å². The van der Waals surface area contributed by atoms with E-state index < -0.39 is 0 Å². The summed E-state index contributed by atoms with van der Waals surface area (Å²) in [5.41, 5.74) is 2.50. The maximum absolute atomic E-state index is 5.73. The maximum Gasteiger partial charge on any atom is 0.203 e. The van der Waals surface area contributed by atoms with Gasteiger partial charge in [0.2, 0.25) is 5.75 Å². The number of fused-ring (bicyclic) bond motifs is 1. The van der Waals surface area contributed by atoms with E-state index >= 15 is 0 Å². The van der Waals surface area contributed by atoms with Gasteiger partial charge in [0.1, 0.15) is 13.2 Å². The number of benzene rings is 2. The van der Waals surface area contributed by atoms with E-state index in [0.717, 1.165) is 23.6 Å². The monoisotopic (exact) mass is 341 g/mol. The molecule has 3 rings (SSSR count). The number of hydrogen-bond acceptors (Lipinski definition) is 4. The van der Waals surface area contributed by atoms with Crippen LogP contribution in [0.15, 0.2) is 42.5 Å². The molecule has 25 heavy (non-hydrogen) atoms. The van der Waals surface area contributed by atoms with Gasteiger partial charge in [-0.05, 0) is 28.7 Å². The summed E-state index contributed by atoms with van der Waals surface area (Å²) in [4.78, 5) is 0. The van der Waals surface area contributed by atoms with Crippen LogP contribution in [0.5, 0.6) is 17.2 Å². The van der Waals surface area contributed by atoms with E-state index in [0.29, 0.717) is 19.0 Å². The Balaban J connectivity index is 1.81. The molecule has 0 radical (unpaired) electrons. The largest absolute Gasteiger partial charge is 0.493 e. The molecule has 0 bridgehead atoms. The number of ether oxygens (including phenoxy) is 3. The minimum atomic E-state index is 0.0965. The van der Waals surface area contributed by atoms with Crippen molar-refractivity contribution in [1.29, 1.82) is 0 Å². The average molecular weight is 341 g/mol. The highest BCUT2D eigenvalue weighted by Gasteiger charge is 2.26. The van der Waals surface area contributed by atoms with Gasteiger partial charge in [-0.25, -0.2) is 0 Å². The Bertz CT molecular complexity index is 690. The fourth-order valence-corrected chi connectivity index (χ4v) is 3.22. The zero-order valence-corrected chi connectivity index (χ0v) is 15.5. The molecule has 2 aromatic carbocycles. The molecule has 2 aromatic rings. The molecule has 1 aliphatic rings. The van der Waals surface area contributed by atoms with Crippen LogP contribution in [0.25, 0.3) is 0 Å². The summed E-state index contributed by atoms with van der Waals surface area (Å²) >= 11 is 0. The SMILES string of the molecule is COc1cc(CNC(c2ccccc2)C(C)(C)C)cc2c1OCCO2. The van der Waals surface area contributed by atoms with E-state index in [1.54, 1.807) is 7.11 Å². The van der Waals surface area contributed by atoms with E-state index in [9.17, 15) is 0 Å². The molecule has 4 heteroatoms. The summed E-state index contributed by atoms with van der Waals surface area (Å²) in [5, 5.41) is 3.70. The first kappa shape index (κ1) is 17.6. The van der Waals surface area contributed by atoms with Gasteiger partial charge in [0, 0.05) is 12.6 Å². The molecule has 4 nitrogen and oxygen atoms in total. The molecule has 1 N–H and O–H groups in total. The summed E-state index contributed by atoms with van der Waals surface area (Å²) in [6.07, 6.45) is 0. The summed E-state index contributed by atoms with van der Waals surface area (Å²) in [5.74, 6) is 2.18. The van der Waals surface area contributed by atoms with Crippen molar-refractivity contribution in [3.63, 3.8) is 0 Å². The van der Waals surface area contributed by atoms with Gasteiger partial charge in [-0.15, -0.1) is 0 Å². The fourth-order valence-electron chi connectivity index (χ4n) is 3.22. The van der Waals surface area contributed by atoms with Crippen LogP contribution in [-0.2, 0) is 6.54 Å². The third-order valence-corrected chi connectivity index (χ3v) is 4.40. The van der Waals surface area contributed by atoms with Gasteiger partial charge >= 0.3 is 0 Å².